The van der Waals surface area contributed by atoms with Gasteiger partial charge in [-0.3, -0.25) is 9.78 Å². The average Bonchev–Trinajstić information content (AvgIpc) is 3.65. The molecule has 2 heterocycles. The Morgan fingerprint density at radius 1 is 1.02 bits per heavy atom. The number of amides is 1. The zero-order chi connectivity index (χ0) is 30.6. The van der Waals surface area contributed by atoms with E-state index < -0.39 is 11.4 Å². The first-order valence-corrected chi connectivity index (χ1v) is 15.3. The lowest BCUT2D eigenvalue weighted by molar-refractivity contribution is -0.118. The van der Waals surface area contributed by atoms with E-state index >= 15 is 0 Å². The van der Waals surface area contributed by atoms with Gasteiger partial charge < -0.3 is 19.1 Å². The van der Waals surface area contributed by atoms with Crippen LogP contribution in [0, 0.1) is 11.7 Å². The van der Waals surface area contributed by atoms with Gasteiger partial charge in [0.15, 0.2) is 11.6 Å². The van der Waals surface area contributed by atoms with E-state index in [0.717, 1.165) is 39.1 Å². The number of pyridine rings is 1. The summed E-state index contributed by atoms with van der Waals surface area (Å²) in [7, 11) is 1.60. The lowest BCUT2D eigenvalue weighted by atomic mass is 10.0. The van der Waals surface area contributed by atoms with Crippen LogP contribution in [0.5, 0.6) is 11.5 Å². The molecule has 5 rings (SSSR count). The number of hydrogen-bond donors (Lipinski definition) is 0. The molecule has 0 aliphatic heterocycles. The molecular weight excluding hydrogens is 567 g/mol. The second-order valence-corrected chi connectivity index (χ2v) is 13.0. The third-order valence-corrected chi connectivity index (χ3v) is 8.22. The van der Waals surface area contributed by atoms with Crippen LogP contribution in [0.4, 0.5) is 9.18 Å². The summed E-state index contributed by atoms with van der Waals surface area (Å²) in [4.78, 5) is 32.0. The summed E-state index contributed by atoms with van der Waals surface area (Å²) >= 11 is 1.51. The Hall–Kier alpha value is -3.82. The monoisotopic (exact) mass is 604 g/mol. The van der Waals surface area contributed by atoms with E-state index in [1.165, 1.54) is 17.4 Å². The van der Waals surface area contributed by atoms with Crippen LogP contribution >= 0.6 is 11.3 Å². The molecule has 1 aliphatic rings. The molecule has 1 fully saturated rings. The molecule has 0 bridgehead atoms. The highest BCUT2D eigenvalue weighted by atomic mass is 32.1. The number of carbonyl (C=O) groups excluding carboxylic acids is 2. The van der Waals surface area contributed by atoms with E-state index in [1.807, 2.05) is 51.1 Å². The molecule has 0 spiro atoms. The lowest BCUT2D eigenvalue weighted by Gasteiger charge is -2.27. The standard InChI is InChI=1S/C34H37FN2O5S/c1-34(2,3)42-33(39)37(15-16-40-4)21-23-7-10-25(11-8-23)31-20-28-32(43-31)30(13-14-36-28)41-29-12-9-24(19-27(29)35)18-26(38)17-22-5-6-22/h7-14,19-20,22H,5-6,15-18,21H2,1-4H3. The first-order chi connectivity index (χ1) is 20.6. The number of ketones is 1. The van der Waals surface area contributed by atoms with E-state index in [4.69, 9.17) is 14.2 Å². The molecule has 1 amide bonds. The van der Waals surface area contributed by atoms with Crippen molar-refractivity contribution in [1.29, 1.82) is 0 Å². The molecule has 7 nitrogen and oxygen atoms in total. The molecule has 0 saturated heterocycles. The van der Waals surface area contributed by atoms with Crippen molar-refractivity contribution < 1.29 is 28.2 Å². The van der Waals surface area contributed by atoms with Gasteiger partial charge in [0.1, 0.15) is 17.1 Å². The average molecular weight is 605 g/mol. The van der Waals surface area contributed by atoms with Gasteiger partial charge in [0, 0.05) is 50.2 Å². The van der Waals surface area contributed by atoms with Crippen molar-refractivity contribution in [2.24, 2.45) is 5.92 Å². The molecule has 43 heavy (non-hydrogen) atoms. The number of rotatable bonds is 12. The van der Waals surface area contributed by atoms with Crippen LogP contribution in [0.25, 0.3) is 20.7 Å². The van der Waals surface area contributed by atoms with Gasteiger partial charge in [-0.25, -0.2) is 9.18 Å². The molecule has 0 N–H and O–H groups in total. The zero-order valence-electron chi connectivity index (χ0n) is 25.0. The van der Waals surface area contributed by atoms with Crippen molar-refractivity contribution in [2.75, 3.05) is 20.3 Å². The van der Waals surface area contributed by atoms with Gasteiger partial charge in [0.05, 0.1) is 16.8 Å². The van der Waals surface area contributed by atoms with Gasteiger partial charge >= 0.3 is 6.09 Å². The molecule has 4 aromatic rings. The minimum Gasteiger partial charge on any atom is -0.453 e. The maximum absolute atomic E-state index is 15.0. The SMILES string of the molecule is COCCN(Cc1ccc(-c2cc3nccc(Oc4ccc(CC(=O)CC5CC5)cc4F)c3s2)cc1)C(=O)OC(C)(C)C. The summed E-state index contributed by atoms with van der Waals surface area (Å²) in [6.45, 7) is 6.75. The van der Waals surface area contributed by atoms with Crippen molar-refractivity contribution in [1.82, 2.24) is 9.88 Å². The second kappa shape index (κ2) is 13.2. The van der Waals surface area contributed by atoms with Gasteiger partial charge in [-0.2, -0.15) is 0 Å². The van der Waals surface area contributed by atoms with Gasteiger partial charge in [0.2, 0.25) is 0 Å². The van der Waals surface area contributed by atoms with E-state index in [0.29, 0.717) is 43.3 Å². The molecule has 0 radical (unpaired) electrons. The summed E-state index contributed by atoms with van der Waals surface area (Å²) in [5.74, 6) is 0.786. The Labute approximate surface area is 255 Å². The highest BCUT2D eigenvalue weighted by Crippen LogP contribution is 2.40. The van der Waals surface area contributed by atoms with Crippen LogP contribution in [0.3, 0.4) is 0 Å². The maximum Gasteiger partial charge on any atom is 0.410 e. The Bertz CT molecular complexity index is 1590. The number of carbonyl (C=O) groups is 2. The molecule has 2 aromatic carbocycles. The Morgan fingerprint density at radius 3 is 2.44 bits per heavy atom. The number of halogens is 1. The molecule has 1 aliphatic carbocycles. The fourth-order valence-corrected chi connectivity index (χ4v) is 5.77. The minimum atomic E-state index is -0.589. The largest absolute Gasteiger partial charge is 0.453 e. The quantitative estimate of drug-likeness (QED) is 0.162. The van der Waals surface area contributed by atoms with Crippen molar-refractivity contribution in [2.45, 2.75) is 58.6 Å². The summed E-state index contributed by atoms with van der Waals surface area (Å²) in [5, 5.41) is 0. The Kier molecular flexibility index (Phi) is 9.42. The Balaban J connectivity index is 1.29. The smallest absolute Gasteiger partial charge is 0.410 e. The van der Waals surface area contributed by atoms with Crippen LogP contribution < -0.4 is 4.74 Å². The van der Waals surface area contributed by atoms with E-state index in [1.54, 1.807) is 36.4 Å². The van der Waals surface area contributed by atoms with Crippen LogP contribution in [0.1, 0.15) is 51.2 Å². The topological polar surface area (TPSA) is 78.0 Å². The number of ether oxygens (including phenoxy) is 3. The number of aromatic nitrogens is 1. The fourth-order valence-electron chi connectivity index (χ4n) is 4.69. The van der Waals surface area contributed by atoms with Crippen LogP contribution in [0.15, 0.2) is 60.8 Å². The van der Waals surface area contributed by atoms with Gasteiger partial charge in [-0.15, -0.1) is 11.3 Å². The number of thiophene rings is 1. The summed E-state index contributed by atoms with van der Waals surface area (Å²) < 4.78 is 32.5. The van der Waals surface area contributed by atoms with E-state index in [2.05, 4.69) is 4.98 Å². The number of Topliss-reactive ketones (excluding diaryl/α,β-unsaturated/α-hetero) is 1. The lowest BCUT2D eigenvalue weighted by Crippen LogP contribution is -2.38. The third kappa shape index (κ3) is 8.39. The maximum atomic E-state index is 15.0. The fraction of sp³-hybridized carbons (Fsp3) is 0.382. The van der Waals surface area contributed by atoms with Crippen molar-refractivity contribution in [3.63, 3.8) is 0 Å². The zero-order valence-corrected chi connectivity index (χ0v) is 25.8. The van der Waals surface area contributed by atoms with Gasteiger partial charge in [-0.05, 0) is 74.4 Å². The van der Waals surface area contributed by atoms with Gasteiger partial charge in [0.25, 0.3) is 0 Å². The normalized spacial score (nSPS) is 13.2. The molecule has 9 heteroatoms. The van der Waals surface area contributed by atoms with Crippen LogP contribution in [-0.2, 0) is 27.2 Å². The van der Waals surface area contributed by atoms with Crippen LogP contribution in [-0.4, -0.2) is 47.6 Å². The first kappa shape index (κ1) is 30.6. The highest BCUT2D eigenvalue weighted by Gasteiger charge is 2.25. The summed E-state index contributed by atoms with van der Waals surface area (Å²) in [6.07, 6.45) is 4.32. The third-order valence-electron chi connectivity index (χ3n) is 7.04. The van der Waals surface area contributed by atoms with Crippen molar-refractivity contribution in [3.05, 3.63) is 77.7 Å². The molecule has 0 unspecified atom stereocenters. The predicted octanol–water partition coefficient (Wildman–Crippen LogP) is 8.19. The number of benzene rings is 2. The Morgan fingerprint density at radius 2 is 1.77 bits per heavy atom. The van der Waals surface area contributed by atoms with Crippen molar-refractivity contribution >= 4 is 33.4 Å². The molecule has 1 saturated carbocycles. The van der Waals surface area contributed by atoms with Gasteiger partial charge in [-0.1, -0.05) is 30.3 Å². The van der Waals surface area contributed by atoms with E-state index in [-0.39, 0.29) is 24.0 Å². The first-order valence-electron chi connectivity index (χ1n) is 14.5. The molecular formula is C34H37FN2O5S. The molecule has 0 atom stereocenters. The summed E-state index contributed by atoms with van der Waals surface area (Å²) in [6, 6.07) is 16.4. The molecule has 226 valence electrons. The predicted molar refractivity (Wildman–Crippen MR) is 166 cm³/mol. The van der Waals surface area contributed by atoms with Crippen molar-refractivity contribution in [3.8, 4) is 21.9 Å². The minimum absolute atomic E-state index is 0.105. The van der Waals surface area contributed by atoms with E-state index in [9.17, 15) is 14.0 Å². The summed E-state index contributed by atoms with van der Waals surface area (Å²) in [5.41, 5.74) is 2.77. The highest BCUT2D eigenvalue weighted by molar-refractivity contribution is 7.22. The number of fused-ring (bicyclic) bond motifs is 1. The van der Waals surface area contributed by atoms with Crippen LogP contribution in [0.2, 0.25) is 0 Å². The number of methoxy groups -OCH3 is 1. The number of nitrogens with zero attached hydrogens (tertiary/aromatic N) is 2. The number of hydrogen-bond acceptors (Lipinski definition) is 7. The molecule has 2 aromatic heterocycles. The second-order valence-electron chi connectivity index (χ2n) is 12.0.